The van der Waals surface area contributed by atoms with Crippen molar-refractivity contribution < 1.29 is 0 Å². The minimum Gasteiger partial charge on any atom is -0.312 e. The zero-order chi connectivity index (χ0) is 10.3. The van der Waals surface area contributed by atoms with Crippen LogP contribution in [0.5, 0.6) is 0 Å². The Hall–Kier alpha value is -0.860. The van der Waals surface area contributed by atoms with Crippen LogP contribution in [0.25, 0.3) is 0 Å². The Morgan fingerprint density at radius 1 is 1.36 bits per heavy atom. The van der Waals surface area contributed by atoms with Crippen molar-refractivity contribution in [3.63, 3.8) is 0 Å². The molecule has 0 aliphatic carbocycles. The van der Waals surface area contributed by atoms with Crippen molar-refractivity contribution in [1.29, 1.82) is 0 Å². The van der Waals surface area contributed by atoms with E-state index in [1.807, 2.05) is 0 Å². The van der Waals surface area contributed by atoms with Gasteiger partial charge in [0, 0.05) is 6.54 Å². The van der Waals surface area contributed by atoms with Gasteiger partial charge >= 0.3 is 0 Å². The summed E-state index contributed by atoms with van der Waals surface area (Å²) in [5, 5.41) is 3.24. The average Bonchev–Trinajstić information content (AvgIpc) is 2.46. The zero-order valence-corrected chi connectivity index (χ0v) is 9.09. The lowest BCUT2D eigenvalue weighted by Gasteiger charge is -2.20. The van der Waals surface area contributed by atoms with E-state index < -0.39 is 0 Å². The molecule has 1 heterocycles. The van der Waals surface area contributed by atoms with E-state index in [-0.39, 0.29) is 11.6 Å². The van der Waals surface area contributed by atoms with Crippen LogP contribution in [-0.4, -0.2) is 0 Å². The number of nitrogens with one attached hydrogen (secondary N) is 1. The molecule has 1 aliphatic heterocycles. The minimum atomic E-state index is 0.0206. The summed E-state index contributed by atoms with van der Waals surface area (Å²) in [6.45, 7) is 7.58. The monoisotopic (exact) mass is 190 g/mol. The standard InChI is InChI=1S/C12H18N2/c1-12(2,3)9-5-4-8-7-14-11(13)10(8)6-9/h4-6,11,14H,7,13H2,1-3H3. The highest BCUT2D eigenvalue weighted by Gasteiger charge is 2.21. The fraction of sp³-hybridized carbons (Fsp3) is 0.500. The van der Waals surface area contributed by atoms with Crippen molar-refractivity contribution in [2.45, 2.75) is 38.9 Å². The molecule has 2 rings (SSSR count). The molecule has 14 heavy (non-hydrogen) atoms. The number of rotatable bonds is 0. The molecule has 0 saturated carbocycles. The van der Waals surface area contributed by atoms with Crippen molar-refractivity contribution in [2.24, 2.45) is 5.73 Å². The zero-order valence-electron chi connectivity index (χ0n) is 9.09. The Bertz CT molecular complexity index is 350. The summed E-state index contributed by atoms with van der Waals surface area (Å²) in [5.41, 5.74) is 10.1. The van der Waals surface area contributed by atoms with Crippen molar-refractivity contribution in [3.8, 4) is 0 Å². The molecular formula is C12H18N2. The summed E-state index contributed by atoms with van der Waals surface area (Å²) in [7, 11) is 0. The summed E-state index contributed by atoms with van der Waals surface area (Å²) in [6, 6.07) is 6.63. The first-order valence-corrected chi connectivity index (χ1v) is 5.11. The predicted octanol–water partition coefficient (Wildman–Crippen LogP) is 2.04. The van der Waals surface area contributed by atoms with Gasteiger partial charge < -0.3 is 5.73 Å². The highest BCUT2D eigenvalue weighted by Crippen LogP contribution is 2.28. The maximum atomic E-state index is 5.95. The van der Waals surface area contributed by atoms with E-state index >= 15 is 0 Å². The van der Waals surface area contributed by atoms with Crippen molar-refractivity contribution >= 4 is 0 Å². The van der Waals surface area contributed by atoms with Gasteiger partial charge in [-0.3, -0.25) is 5.32 Å². The van der Waals surface area contributed by atoms with Crippen molar-refractivity contribution in [1.82, 2.24) is 5.32 Å². The molecule has 76 valence electrons. The van der Waals surface area contributed by atoms with Gasteiger partial charge in [-0.1, -0.05) is 39.0 Å². The van der Waals surface area contributed by atoms with E-state index in [1.165, 1.54) is 16.7 Å². The molecule has 0 aromatic heterocycles. The Morgan fingerprint density at radius 2 is 2.07 bits per heavy atom. The van der Waals surface area contributed by atoms with Crippen LogP contribution in [0.3, 0.4) is 0 Å². The van der Waals surface area contributed by atoms with Crippen LogP contribution in [0, 0.1) is 0 Å². The third-order valence-corrected chi connectivity index (χ3v) is 2.86. The van der Waals surface area contributed by atoms with Gasteiger partial charge in [-0.25, -0.2) is 0 Å². The fourth-order valence-corrected chi connectivity index (χ4v) is 1.84. The van der Waals surface area contributed by atoms with Crippen LogP contribution in [0.2, 0.25) is 0 Å². The molecule has 3 N–H and O–H groups in total. The molecule has 2 nitrogen and oxygen atoms in total. The van der Waals surface area contributed by atoms with Gasteiger partial charge in [-0.05, 0) is 22.1 Å². The van der Waals surface area contributed by atoms with Crippen molar-refractivity contribution in [3.05, 3.63) is 34.9 Å². The number of hydrogen-bond acceptors (Lipinski definition) is 2. The van der Waals surface area contributed by atoms with Gasteiger partial charge in [0.25, 0.3) is 0 Å². The van der Waals surface area contributed by atoms with Crippen LogP contribution < -0.4 is 11.1 Å². The molecule has 0 amide bonds. The SMILES string of the molecule is CC(C)(C)c1ccc2c(c1)C(N)NC2. The number of benzene rings is 1. The third kappa shape index (κ3) is 1.56. The smallest absolute Gasteiger partial charge is 0.0815 e. The summed E-state index contributed by atoms with van der Waals surface area (Å²) >= 11 is 0. The summed E-state index contributed by atoms with van der Waals surface area (Å²) in [4.78, 5) is 0. The molecule has 0 bridgehead atoms. The first kappa shape index (κ1) is 9.69. The van der Waals surface area contributed by atoms with E-state index in [4.69, 9.17) is 5.73 Å². The maximum Gasteiger partial charge on any atom is 0.0815 e. The summed E-state index contributed by atoms with van der Waals surface area (Å²) < 4.78 is 0. The first-order chi connectivity index (χ1) is 6.48. The summed E-state index contributed by atoms with van der Waals surface area (Å²) in [5.74, 6) is 0. The van der Waals surface area contributed by atoms with E-state index in [2.05, 4.69) is 44.3 Å². The van der Waals surface area contributed by atoms with Crippen LogP contribution in [0.4, 0.5) is 0 Å². The molecule has 2 heteroatoms. The van der Waals surface area contributed by atoms with Gasteiger partial charge in [0.1, 0.15) is 0 Å². The first-order valence-electron chi connectivity index (χ1n) is 5.11. The van der Waals surface area contributed by atoms with Gasteiger partial charge in [-0.2, -0.15) is 0 Å². The lowest BCUT2D eigenvalue weighted by atomic mass is 9.85. The van der Waals surface area contributed by atoms with E-state index in [9.17, 15) is 0 Å². The molecule has 1 unspecified atom stereocenters. The van der Waals surface area contributed by atoms with E-state index in [0.717, 1.165) is 6.54 Å². The quantitative estimate of drug-likeness (QED) is 0.657. The third-order valence-electron chi connectivity index (χ3n) is 2.86. The highest BCUT2D eigenvalue weighted by atomic mass is 15.0. The maximum absolute atomic E-state index is 5.95. The Labute approximate surface area is 85.5 Å². The lowest BCUT2D eigenvalue weighted by molar-refractivity contribution is 0.584. The molecule has 1 aliphatic rings. The number of fused-ring (bicyclic) bond motifs is 1. The molecule has 0 spiro atoms. The Balaban J connectivity index is 2.45. The van der Waals surface area contributed by atoms with Crippen LogP contribution in [0.1, 0.15) is 43.6 Å². The molecule has 0 radical (unpaired) electrons. The predicted molar refractivity (Wildman–Crippen MR) is 58.9 cm³/mol. The van der Waals surface area contributed by atoms with Gasteiger partial charge in [-0.15, -0.1) is 0 Å². The minimum absolute atomic E-state index is 0.0206. The summed E-state index contributed by atoms with van der Waals surface area (Å²) in [6.07, 6.45) is 0.0206. The highest BCUT2D eigenvalue weighted by molar-refractivity contribution is 5.39. The molecule has 0 fully saturated rings. The van der Waals surface area contributed by atoms with E-state index in [1.54, 1.807) is 0 Å². The molecule has 1 aromatic carbocycles. The number of nitrogens with two attached hydrogens (primary N) is 1. The van der Waals surface area contributed by atoms with Crippen LogP contribution in [0.15, 0.2) is 18.2 Å². The second-order valence-electron chi connectivity index (χ2n) is 5.02. The van der Waals surface area contributed by atoms with Gasteiger partial charge in [0.2, 0.25) is 0 Å². The van der Waals surface area contributed by atoms with Crippen LogP contribution in [-0.2, 0) is 12.0 Å². The van der Waals surface area contributed by atoms with E-state index in [0.29, 0.717) is 0 Å². The normalized spacial score (nSPS) is 21.0. The molecule has 1 atom stereocenters. The largest absolute Gasteiger partial charge is 0.312 e. The Morgan fingerprint density at radius 3 is 2.71 bits per heavy atom. The fourth-order valence-electron chi connectivity index (χ4n) is 1.84. The van der Waals surface area contributed by atoms with Gasteiger partial charge in [0.05, 0.1) is 6.17 Å². The lowest BCUT2D eigenvalue weighted by Crippen LogP contribution is -2.21. The second kappa shape index (κ2) is 3.07. The second-order valence-corrected chi connectivity index (χ2v) is 5.02. The van der Waals surface area contributed by atoms with Gasteiger partial charge in [0.15, 0.2) is 0 Å². The van der Waals surface area contributed by atoms with Crippen LogP contribution >= 0.6 is 0 Å². The number of hydrogen-bond donors (Lipinski definition) is 2. The average molecular weight is 190 g/mol. The topological polar surface area (TPSA) is 38.0 Å². The molecular weight excluding hydrogens is 172 g/mol. The molecule has 1 aromatic rings. The molecule has 0 saturated heterocycles. The Kier molecular flexibility index (Phi) is 2.13. The van der Waals surface area contributed by atoms with Crippen molar-refractivity contribution in [2.75, 3.05) is 0 Å².